The highest BCUT2D eigenvalue weighted by Crippen LogP contribution is 2.32. The molecule has 1 aliphatic rings. The van der Waals surface area contributed by atoms with Crippen LogP contribution in [0.4, 0.5) is 0 Å². The average molecular weight is 284 g/mol. The highest BCUT2D eigenvalue weighted by Gasteiger charge is 2.29. The number of aliphatic hydroxyl groups is 1. The van der Waals surface area contributed by atoms with Gasteiger partial charge in [-0.2, -0.15) is 0 Å². The van der Waals surface area contributed by atoms with Gasteiger partial charge in [-0.1, -0.05) is 28.4 Å². The van der Waals surface area contributed by atoms with Gasteiger partial charge in [0.15, 0.2) is 0 Å². The fourth-order valence-electron chi connectivity index (χ4n) is 2.06. The van der Waals surface area contributed by atoms with Gasteiger partial charge < -0.3 is 5.11 Å². The summed E-state index contributed by atoms with van der Waals surface area (Å²) in [7, 11) is 0. The summed E-state index contributed by atoms with van der Waals surface area (Å²) >= 11 is 11.9. The quantitative estimate of drug-likeness (QED) is 0.922. The number of hydrogen-bond donors (Lipinski definition) is 1. The highest BCUT2D eigenvalue weighted by atomic mass is 35.5. The standard InChI is InChI=1S/C12H11Cl2N3O/c13-8-1-7(2-9(14)3-8)12-6-17(16-15-12)10-4-11(18)5-10/h1-3,6,10-11,18H,4-5H2. The third-order valence-electron chi connectivity index (χ3n) is 3.13. The van der Waals surface area contributed by atoms with E-state index in [2.05, 4.69) is 10.3 Å². The zero-order valence-electron chi connectivity index (χ0n) is 9.42. The number of nitrogens with zero attached hydrogens (tertiary/aromatic N) is 3. The van der Waals surface area contributed by atoms with Crippen LogP contribution in [0.15, 0.2) is 24.4 Å². The van der Waals surface area contributed by atoms with Gasteiger partial charge >= 0.3 is 0 Å². The number of hydrogen-bond acceptors (Lipinski definition) is 3. The lowest BCUT2D eigenvalue weighted by Crippen LogP contribution is -2.31. The van der Waals surface area contributed by atoms with Crippen molar-refractivity contribution in [2.75, 3.05) is 0 Å². The van der Waals surface area contributed by atoms with Crippen molar-refractivity contribution in [1.82, 2.24) is 15.0 Å². The van der Waals surface area contributed by atoms with E-state index in [9.17, 15) is 5.11 Å². The van der Waals surface area contributed by atoms with Crippen LogP contribution < -0.4 is 0 Å². The van der Waals surface area contributed by atoms with Crippen LogP contribution in [0.1, 0.15) is 18.9 Å². The maximum atomic E-state index is 9.28. The van der Waals surface area contributed by atoms with Crippen LogP contribution in [0.25, 0.3) is 11.3 Å². The van der Waals surface area contributed by atoms with Gasteiger partial charge in [0.1, 0.15) is 5.69 Å². The Kier molecular flexibility index (Phi) is 3.01. The Morgan fingerprint density at radius 2 is 1.83 bits per heavy atom. The third kappa shape index (κ3) is 2.23. The van der Waals surface area contributed by atoms with E-state index in [1.807, 2.05) is 6.20 Å². The molecule has 1 fully saturated rings. The lowest BCUT2D eigenvalue weighted by Gasteiger charge is -2.30. The topological polar surface area (TPSA) is 50.9 Å². The van der Waals surface area contributed by atoms with E-state index >= 15 is 0 Å². The van der Waals surface area contributed by atoms with Crippen molar-refractivity contribution in [3.8, 4) is 11.3 Å². The first-order valence-electron chi connectivity index (χ1n) is 5.68. The second-order valence-electron chi connectivity index (χ2n) is 4.52. The molecule has 1 aromatic carbocycles. The first-order chi connectivity index (χ1) is 8.61. The van der Waals surface area contributed by atoms with Crippen LogP contribution >= 0.6 is 23.2 Å². The summed E-state index contributed by atoms with van der Waals surface area (Å²) in [6.45, 7) is 0. The molecule has 1 saturated carbocycles. The Hall–Kier alpha value is -1.10. The molecule has 0 unspecified atom stereocenters. The van der Waals surface area contributed by atoms with Crippen molar-refractivity contribution in [3.63, 3.8) is 0 Å². The van der Waals surface area contributed by atoms with Gasteiger partial charge in [-0.25, -0.2) is 4.68 Å². The minimum Gasteiger partial charge on any atom is -0.393 e. The van der Waals surface area contributed by atoms with Gasteiger partial charge in [0.2, 0.25) is 0 Å². The largest absolute Gasteiger partial charge is 0.393 e. The number of aromatic nitrogens is 3. The molecule has 0 atom stereocenters. The molecule has 1 heterocycles. The van der Waals surface area contributed by atoms with Gasteiger partial charge in [0, 0.05) is 15.6 Å². The van der Waals surface area contributed by atoms with E-state index in [0.29, 0.717) is 10.0 Å². The summed E-state index contributed by atoms with van der Waals surface area (Å²) in [4.78, 5) is 0. The Morgan fingerprint density at radius 3 is 2.44 bits per heavy atom. The number of aliphatic hydroxyl groups excluding tert-OH is 1. The van der Waals surface area contributed by atoms with Crippen molar-refractivity contribution in [2.24, 2.45) is 0 Å². The number of rotatable bonds is 2. The average Bonchev–Trinajstić information content (AvgIpc) is 2.72. The van der Waals surface area contributed by atoms with Gasteiger partial charge in [0.25, 0.3) is 0 Å². The maximum Gasteiger partial charge on any atom is 0.113 e. The van der Waals surface area contributed by atoms with Crippen LogP contribution in [0, 0.1) is 0 Å². The SMILES string of the molecule is OC1CC(n2cc(-c3cc(Cl)cc(Cl)c3)nn2)C1. The molecule has 0 aliphatic heterocycles. The zero-order valence-corrected chi connectivity index (χ0v) is 10.9. The second-order valence-corrected chi connectivity index (χ2v) is 5.39. The number of benzene rings is 1. The molecule has 18 heavy (non-hydrogen) atoms. The molecule has 0 bridgehead atoms. The number of halogens is 2. The minimum absolute atomic E-state index is 0.205. The Labute approximate surface area is 114 Å². The van der Waals surface area contributed by atoms with E-state index in [1.54, 1.807) is 22.9 Å². The monoisotopic (exact) mass is 283 g/mol. The van der Waals surface area contributed by atoms with E-state index in [4.69, 9.17) is 23.2 Å². The van der Waals surface area contributed by atoms with E-state index < -0.39 is 0 Å². The van der Waals surface area contributed by atoms with Crippen LogP contribution in [-0.4, -0.2) is 26.2 Å². The minimum atomic E-state index is -0.205. The maximum absolute atomic E-state index is 9.28. The first kappa shape index (κ1) is 12.0. The molecule has 1 N–H and O–H groups in total. The lowest BCUT2D eigenvalue weighted by molar-refractivity contribution is 0.0426. The van der Waals surface area contributed by atoms with Crippen LogP contribution in [0.5, 0.6) is 0 Å². The predicted octanol–water partition coefficient (Wildman–Crippen LogP) is 2.95. The molecule has 0 spiro atoms. The van der Waals surface area contributed by atoms with Crippen LogP contribution in [0.2, 0.25) is 10.0 Å². The third-order valence-corrected chi connectivity index (χ3v) is 3.57. The molecule has 2 aromatic rings. The Balaban J connectivity index is 1.88. The summed E-state index contributed by atoms with van der Waals surface area (Å²) in [5, 5.41) is 18.6. The molecule has 1 aromatic heterocycles. The van der Waals surface area contributed by atoms with Crippen LogP contribution in [0.3, 0.4) is 0 Å². The molecular formula is C12H11Cl2N3O. The molecule has 0 radical (unpaired) electrons. The molecule has 4 nitrogen and oxygen atoms in total. The zero-order chi connectivity index (χ0) is 12.7. The Morgan fingerprint density at radius 1 is 1.17 bits per heavy atom. The fourth-order valence-corrected chi connectivity index (χ4v) is 2.59. The fraction of sp³-hybridized carbons (Fsp3) is 0.333. The summed E-state index contributed by atoms with van der Waals surface area (Å²) in [5.41, 5.74) is 1.58. The highest BCUT2D eigenvalue weighted by molar-refractivity contribution is 6.35. The van der Waals surface area contributed by atoms with E-state index in [-0.39, 0.29) is 12.1 Å². The summed E-state index contributed by atoms with van der Waals surface area (Å²) < 4.78 is 1.79. The first-order valence-corrected chi connectivity index (χ1v) is 6.44. The summed E-state index contributed by atoms with van der Waals surface area (Å²) in [6, 6.07) is 5.53. The second kappa shape index (κ2) is 4.53. The van der Waals surface area contributed by atoms with Crippen molar-refractivity contribution < 1.29 is 5.11 Å². The van der Waals surface area contributed by atoms with Gasteiger partial charge in [-0.15, -0.1) is 5.10 Å². The molecule has 6 heteroatoms. The molecule has 94 valence electrons. The molecule has 0 amide bonds. The molecule has 3 rings (SSSR count). The predicted molar refractivity (Wildman–Crippen MR) is 69.8 cm³/mol. The lowest BCUT2D eigenvalue weighted by atomic mass is 9.90. The van der Waals surface area contributed by atoms with Gasteiger partial charge in [-0.05, 0) is 31.0 Å². The normalized spacial score (nSPS) is 22.8. The van der Waals surface area contributed by atoms with Crippen molar-refractivity contribution in [3.05, 3.63) is 34.4 Å². The molecular weight excluding hydrogens is 273 g/mol. The summed E-state index contributed by atoms with van der Waals surface area (Å²) in [6.07, 6.45) is 3.12. The Bertz CT molecular complexity index is 558. The summed E-state index contributed by atoms with van der Waals surface area (Å²) in [5.74, 6) is 0. The van der Waals surface area contributed by atoms with Crippen molar-refractivity contribution >= 4 is 23.2 Å². The molecule has 1 aliphatic carbocycles. The van der Waals surface area contributed by atoms with E-state index in [0.717, 1.165) is 24.1 Å². The molecule has 0 saturated heterocycles. The van der Waals surface area contributed by atoms with E-state index in [1.165, 1.54) is 0 Å². The van der Waals surface area contributed by atoms with Gasteiger partial charge in [-0.3, -0.25) is 0 Å². The van der Waals surface area contributed by atoms with Crippen molar-refractivity contribution in [1.29, 1.82) is 0 Å². The van der Waals surface area contributed by atoms with Crippen molar-refractivity contribution in [2.45, 2.75) is 25.0 Å². The van der Waals surface area contributed by atoms with Crippen LogP contribution in [-0.2, 0) is 0 Å². The van der Waals surface area contributed by atoms with Gasteiger partial charge in [0.05, 0.1) is 18.3 Å². The smallest absolute Gasteiger partial charge is 0.113 e.